The molecule has 0 aliphatic carbocycles. The van der Waals surface area contributed by atoms with Gasteiger partial charge in [-0.1, -0.05) is 54.1 Å². The molecule has 0 unspecified atom stereocenters. The van der Waals surface area contributed by atoms with Gasteiger partial charge in [0.25, 0.3) is 15.9 Å². The molecule has 8 heteroatoms. The topological polar surface area (TPSA) is 79.4 Å². The summed E-state index contributed by atoms with van der Waals surface area (Å²) >= 11 is 6.25. The van der Waals surface area contributed by atoms with Crippen molar-refractivity contribution >= 4 is 49.8 Å². The molecular formula is C25H20ClN3O3S. The van der Waals surface area contributed by atoms with E-state index in [-0.39, 0.29) is 17.0 Å². The van der Waals surface area contributed by atoms with Gasteiger partial charge < -0.3 is 5.32 Å². The molecule has 4 rings (SSSR count). The minimum absolute atomic E-state index is 0.0191. The Labute approximate surface area is 197 Å². The first-order valence-electron chi connectivity index (χ1n) is 10.0. The molecule has 0 saturated carbocycles. The predicted octanol–water partition coefficient (Wildman–Crippen LogP) is 5.52. The summed E-state index contributed by atoms with van der Waals surface area (Å²) in [6.45, 7) is 3.68. The van der Waals surface area contributed by atoms with Crippen molar-refractivity contribution < 1.29 is 13.2 Å². The molecule has 0 aliphatic heterocycles. The highest BCUT2D eigenvalue weighted by Gasteiger charge is 2.26. The van der Waals surface area contributed by atoms with Gasteiger partial charge in [0.15, 0.2) is 0 Å². The van der Waals surface area contributed by atoms with Crippen LogP contribution in [0, 0.1) is 0 Å². The highest BCUT2D eigenvalue weighted by Crippen LogP contribution is 2.30. The summed E-state index contributed by atoms with van der Waals surface area (Å²) in [7, 11) is -4.01. The van der Waals surface area contributed by atoms with Crippen LogP contribution in [-0.2, 0) is 10.0 Å². The van der Waals surface area contributed by atoms with Gasteiger partial charge >= 0.3 is 0 Å². The van der Waals surface area contributed by atoms with Gasteiger partial charge in [0, 0.05) is 10.9 Å². The number of anilines is 2. The number of hydrogen-bond acceptors (Lipinski definition) is 4. The molecule has 0 saturated heterocycles. The Hall–Kier alpha value is -3.68. The molecule has 0 radical (unpaired) electrons. The van der Waals surface area contributed by atoms with Crippen LogP contribution in [0.1, 0.15) is 10.4 Å². The minimum atomic E-state index is -4.01. The summed E-state index contributed by atoms with van der Waals surface area (Å²) in [5.74, 6) is -0.447. The monoisotopic (exact) mass is 477 g/mol. The van der Waals surface area contributed by atoms with Crippen molar-refractivity contribution in [1.29, 1.82) is 0 Å². The highest BCUT2D eigenvalue weighted by atomic mass is 35.5. The minimum Gasteiger partial charge on any atom is -0.321 e. The Kier molecular flexibility index (Phi) is 6.44. The molecule has 0 bridgehead atoms. The van der Waals surface area contributed by atoms with E-state index in [1.54, 1.807) is 36.5 Å². The van der Waals surface area contributed by atoms with Crippen molar-refractivity contribution in [1.82, 2.24) is 4.98 Å². The summed E-state index contributed by atoms with van der Waals surface area (Å²) in [5.41, 5.74) is 1.85. The van der Waals surface area contributed by atoms with Crippen LogP contribution in [0.25, 0.3) is 10.9 Å². The average Bonchev–Trinajstić information content (AvgIpc) is 2.83. The van der Waals surface area contributed by atoms with E-state index in [9.17, 15) is 13.2 Å². The molecule has 1 N–H and O–H groups in total. The van der Waals surface area contributed by atoms with E-state index >= 15 is 0 Å². The van der Waals surface area contributed by atoms with E-state index in [1.807, 2.05) is 30.3 Å². The molecule has 33 heavy (non-hydrogen) atoms. The first-order valence-corrected chi connectivity index (χ1v) is 11.9. The number of rotatable bonds is 7. The van der Waals surface area contributed by atoms with E-state index < -0.39 is 15.9 Å². The van der Waals surface area contributed by atoms with Crippen molar-refractivity contribution in [3.8, 4) is 0 Å². The lowest BCUT2D eigenvalue weighted by atomic mass is 10.2. The fraction of sp³-hybridized carbons (Fsp3) is 0.0400. The van der Waals surface area contributed by atoms with Gasteiger partial charge in [0.1, 0.15) is 0 Å². The van der Waals surface area contributed by atoms with E-state index in [0.717, 1.165) is 15.2 Å². The number of aromatic nitrogens is 1. The molecule has 0 fully saturated rings. The van der Waals surface area contributed by atoms with Crippen LogP contribution in [-0.4, -0.2) is 25.9 Å². The second-order valence-corrected chi connectivity index (χ2v) is 9.44. The number of nitrogens with zero attached hydrogens (tertiary/aromatic N) is 2. The average molecular weight is 478 g/mol. The molecule has 0 atom stereocenters. The number of nitrogens with one attached hydrogen (secondary N) is 1. The maximum absolute atomic E-state index is 13.4. The zero-order valence-corrected chi connectivity index (χ0v) is 19.1. The second-order valence-electron chi connectivity index (χ2n) is 7.17. The lowest BCUT2D eigenvalue weighted by Gasteiger charge is -2.24. The third-order valence-corrected chi connectivity index (χ3v) is 7.04. The van der Waals surface area contributed by atoms with Crippen molar-refractivity contribution in [2.75, 3.05) is 16.2 Å². The molecule has 0 spiro atoms. The van der Waals surface area contributed by atoms with Crippen LogP contribution < -0.4 is 9.62 Å². The van der Waals surface area contributed by atoms with Gasteiger partial charge in [-0.25, -0.2) is 8.42 Å². The number of fused-ring (bicyclic) bond motifs is 1. The smallest absolute Gasteiger partial charge is 0.264 e. The van der Waals surface area contributed by atoms with Crippen molar-refractivity contribution in [3.05, 3.63) is 108 Å². The Morgan fingerprint density at radius 1 is 1.03 bits per heavy atom. The fourth-order valence-corrected chi connectivity index (χ4v) is 5.15. The first-order chi connectivity index (χ1) is 15.9. The van der Waals surface area contributed by atoms with Crippen molar-refractivity contribution in [3.63, 3.8) is 0 Å². The number of amides is 1. The standard InChI is InChI=1S/C25H20ClN3O3S/c1-2-14-29(24-13-6-4-11-22(24)26)33(31,32)21-10-7-9-19(16-21)25(30)28-20-15-18-8-3-5-12-23(18)27-17-20/h2-13,15-17H,1,14H2,(H,28,30). The zero-order chi connectivity index (χ0) is 23.4. The highest BCUT2D eigenvalue weighted by molar-refractivity contribution is 7.92. The van der Waals surface area contributed by atoms with Crippen LogP contribution in [0.5, 0.6) is 0 Å². The van der Waals surface area contributed by atoms with Crippen LogP contribution >= 0.6 is 11.6 Å². The fourth-order valence-electron chi connectivity index (χ4n) is 3.36. The number of pyridine rings is 1. The first kappa shape index (κ1) is 22.5. The zero-order valence-electron chi connectivity index (χ0n) is 17.5. The molecule has 1 heterocycles. The number of halogens is 1. The van der Waals surface area contributed by atoms with Gasteiger partial charge in [0.05, 0.1) is 39.6 Å². The lowest BCUT2D eigenvalue weighted by molar-refractivity contribution is 0.102. The lowest BCUT2D eigenvalue weighted by Crippen LogP contribution is -2.31. The van der Waals surface area contributed by atoms with E-state index in [1.165, 1.54) is 24.3 Å². The van der Waals surface area contributed by atoms with Gasteiger partial charge in [0.2, 0.25) is 0 Å². The number of benzene rings is 3. The Balaban J connectivity index is 1.64. The Morgan fingerprint density at radius 2 is 1.79 bits per heavy atom. The van der Waals surface area contributed by atoms with Crippen molar-refractivity contribution in [2.24, 2.45) is 0 Å². The number of sulfonamides is 1. The molecule has 6 nitrogen and oxygen atoms in total. The molecule has 1 amide bonds. The Morgan fingerprint density at radius 3 is 2.58 bits per heavy atom. The van der Waals surface area contributed by atoms with Gasteiger partial charge in [-0.3, -0.25) is 14.1 Å². The third kappa shape index (κ3) is 4.74. The normalized spacial score (nSPS) is 11.2. The van der Waals surface area contributed by atoms with Crippen LogP contribution in [0.2, 0.25) is 5.02 Å². The van der Waals surface area contributed by atoms with Gasteiger partial charge in [-0.2, -0.15) is 0 Å². The summed E-state index contributed by atoms with van der Waals surface area (Å²) in [6, 6.07) is 21.9. The van der Waals surface area contributed by atoms with E-state index in [0.29, 0.717) is 16.4 Å². The molecule has 0 aliphatic rings. The predicted molar refractivity (Wildman–Crippen MR) is 132 cm³/mol. The summed E-state index contributed by atoms with van der Waals surface area (Å²) in [5, 5.41) is 3.95. The summed E-state index contributed by atoms with van der Waals surface area (Å²) in [4.78, 5) is 17.2. The molecular weight excluding hydrogens is 458 g/mol. The van der Waals surface area contributed by atoms with Gasteiger partial charge in [-0.15, -0.1) is 6.58 Å². The van der Waals surface area contributed by atoms with Crippen LogP contribution in [0.3, 0.4) is 0 Å². The van der Waals surface area contributed by atoms with Crippen molar-refractivity contribution in [2.45, 2.75) is 4.90 Å². The number of carbonyl (C=O) groups excluding carboxylic acids is 1. The van der Waals surface area contributed by atoms with E-state index in [2.05, 4.69) is 16.9 Å². The molecule has 166 valence electrons. The van der Waals surface area contributed by atoms with Crippen LogP contribution in [0.4, 0.5) is 11.4 Å². The van der Waals surface area contributed by atoms with Crippen LogP contribution in [0.15, 0.2) is 103 Å². The SMILES string of the molecule is C=CCN(c1ccccc1Cl)S(=O)(=O)c1cccc(C(=O)Nc2cnc3ccccc3c2)c1. The summed E-state index contributed by atoms with van der Waals surface area (Å²) < 4.78 is 28.0. The maximum Gasteiger partial charge on any atom is 0.264 e. The third-order valence-electron chi connectivity index (χ3n) is 4.95. The quantitative estimate of drug-likeness (QED) is 0.355. The summed E-state index contributed by atoms with van der Waals surface area (Å²) in [6.07, 6.45) is 3.04. The molecule has 1 aromatic heterocycles. The Bertz CT molecular complexity index is 1450. The largest absolute Gasteiger partial charge is 0.321 e. The number of carbonyl (C=O) groups is 1. The van der Waals surface area contributed by atoms with Gasteiger partial charge in [-0.05, 0) is 42.5 Å². The molecule has 4 aromatic rings. The number of hydrogen-bond donors (Lipinski definition) is 1. The maximum atomic E-state index is 13.4. The second kappa shape index (κ2) is 9.44. The molecule has 3 aromatic carbocycles. The van der Waals surface area contributed by atoms with E-state index in [4.69, 9.17) is 11.6 Å². The number of para-hydroxylation sites is 2.